The quantitative estimate of drug-likeness (QED) is 0.591. The lowest BCUT2D eigenvalue weighted by Gasteiger charge is -2.08. The van der Waals surface area contributed by atoms with E-state index >= 15 is 0 Å². The molecule has 3 rings (SSSR count). The lowest BCUT2D eigenvalue weighted by molar-refractivity contribution is 0.0995. The number of hydrogen-bond acceptors (Lipinski definition) is 3. The van der Waals surface area contributed by atoms with Crippen LogP contribution in [0.4, 0.5) is 5.69 Å². The Hall–Kier alpha value is -3.35. The average Bonchev–Trinajstić information content (AvgIpc) is 3.17. The monoisotopic (exact) mass is 309 g/mol. The summed E-state index contributed by atoms with van der Waals surface area (Å²) in [5, 5.41) is 2.82. The van der Waals surface area contributed by atoms with Gasteiger partial charge < -0.3 is 21.0 Å². The van der Waals surface area contributed by atoms with Crippen LogP contribution in [0.5, 0.6) is 0 Å². The predicted molar refractivity (Wildman–Crippen MR) is 86.0 cm³/mol. The molecule has 2 amide bonds. The van der Waals surface area contributed by atoms with E-state index in [1.54, 1.807) is 12.3 Å². The van der Waals surface area contributed by atoms with Gasteiger partial charge in [0.1, 0.15) is 11.5 Å². The SMILES string of the molecule is Cc1cnc(-c2ccccc2NC(=O)c2c[nH]c(C(N)=O)c2)[nH]1. The number of aromatic amines is 2. The summed E-state index contributed by atoms with van der Waals surface area (Å²) < 4.78 is 0. The van der Waals surface area contributed by atoms with Crippen LogP contribution in [-0.4, -0.2) is 26.8 Å². The number of aromatic nitrogens is 3. The summed E-state index contributed by atoms with van der Waals surface area (Å²) in [4.78, 5) is 33.5. The number of para-hydroxylation sites is 1. The van der Waals surface area contributed by atoms with Gasteiger partial charge in [0.05, 0.1) is 11.3 Å². The Bertz CT molecular complexity index is 878. The minimum atomic E-state index is -0.615. The molecule has 0 atom stereocenters. The second-order valence-electron chi connectivity index (χ2n) is 5.08. The van der Waals surface area contributed by atoms with Crippen molar-refractivity contribution in [2.45, 2.75) is 6.92 Å². The Morgan fingerprint density at radius 3 is 2.70 bits per heavy atom. The lowest BCUT2D eigenvalue weighted by atomic mass is 10.1. The van der Waals surface area contributed by atoms with Crippen molar-refractivity contribution in [3.63, 3.8) is 0 Å². The third-order valence-corrected chi connectivity index (χ3v) is 3.34. The van der Waals surface area contributed by atoms with E-state index in [4.69, 9.17) is 5.73 Å². The number of carbonyl (C=O) groups excluding carboxylic acids is 2. The highest BCUT2D eigenvalue weighted by atomic mass is 16.2. The van der Waals surface area contributed by atoms with Crippen molar-refractivity contribution in [1.29, 1.82) is 0 Å². The van der Waals surface area contributed by atoms with Crippen LogP contribution in [0, 0.1) is 6.92 Å². The summed E-state index contributed by atoms with van der Waals surface area (Å²) >= 11 is 0. The molecule has 0 fully saturated rings. The summed E-state index contributed by atoms with van der Waals surface area (Å²) in [6.07, 6.45) is 3.16. The number of nitrogens with one attached hydrogen (secondary N) is 3. The largest absolute Gasteiger partial charge is 0.364 e. The maximum atomic E-state index is 12.3. The van der Waals surface area contributed by atoms with Crippen LogP contribution in [0.1, 0.15) is 26.5 Å². The molecule has 0 aliphatic rings. The molecule has 7 nitrogen and oxygen atoms in total. The van der Waals surface area contributed by atoms with E-state index < -0.39 is 5.91 Å². The third-order valence-electron chi connectivity index (χ3n) is 3.34. The first kappa shape index (κ1) is 14.6. The van der Waals surface area contributed by atoms with Crippen molar-refractivity contribution in [2.75, 3.05) is 5.32 Å². The molecule has 23 heavy (non-hydrogen) atoms. The number of carbonyl (C=O) groups is 2. The van der Waals surface area contributed by atoms with Crippen LogP contribution >= 0.6 is 0 Å². The van der Waals surface area contributed by atoms with Crippen LogP contribution in [0.2, 0.25) is 0 Å². The van der Waals surface area contributed by atoms with E-state index in [1.165, 1.54) is 12.3 Å². The molecule has 1 aromatic carbocycles. The van der Waals surface area contributed by atoms with Gasteiger partial charge in [-0.05, 0) is 25.1 Å². The van der Waals surface area contributed by atoms with Crippen LogP contribution in [-0.2, 0) is 0 Å². The van der Waals surface area contributed by atoms with E-state index in [2.05, 4.69) is 20.3 Å². The number of H-pyrrole nitrogens is 2. The number of amides is 2. The Morgan fingerprint density at radius 1 is 1.26 bits per heavy atom. The van der Waals surface area contributed by atoms with Crippen molar-refractivity contribution < 1.29 is 9.59 Å². The standard InChI is InChI=1S/C16H15N5O2/c1-9-7-19-15(20-9)11-4-2-3-5-12(11)21-16(23)10-6-13(14(17)22)18-8-10/h2-8,18H,1H3,(H2,17,22)(H,19,20)(H,21,23). The number of primary amides is 1. The number of nitrogens with two attached hydrogens (primary N) is 1. The highest BCUT2D eigenvalue weighted by Crippen LogP contribution is 2.25. The van der Waals surface area contributed by atoms with E-state index in [-0.39, 0.29) is 11.6 Å². The minimum Gasteiger partial charge on any atom is -0.364 e. The van der Waals surface area contributed by atoms with Gasteiger partial charge in [0.2, 0.25) is 0 Å². The molecule has 2 aromatic heterocycles. The van der Waals surface area contributed by atoms with Gasteiger partial charge in [0.15, 0.2) is 0 Å². The van der Waals surface area contributed by atoms with Gasteiger partial charge in [-0.25, -0.2) is 4.98 Å². The van der Waals surface area contributed by atoms with Crippen molar-refractivity contribution in [3.05, 3.63) is 59.7 Å². The number of aryl methyl sites for hydroxylation is 1. The van der Waals surface area contributed by atoms with Crippen LogP contribution in [0.15, 0.2) is 42.7 Å². The number of rotatable bonds is 4. The van der Waals surface area contributed by atoms with Gasteiger partial charge in [0, 0.05) is 23.7 Å². The number of imidazole rings is 1. The molecule has 7 heteroatoms. The average molecular weight is 309 g/mol. The van der Waals surface area contributed by atoms with Gasteiger partial charge in [-0.2, -0.15) is 0 Å². The first-order chi connectivity index (χ1) is 11.0. The van der Waals surface area contributed by atoms with Gasteiger partial charge in [0.25, 0.3) is 11.8 Å². The molecule has 0 spiro atoms. The van der Waals surface area contributed by atoms with Gasteiger partial charge in [-0.1, -0.05) is 12.1 Å². The van der Waals surface area contributed by atoms with Gasteiger partial charge in [-0.3, -0.25) is 9.59 Å². The summed E-state index contributed by atoms with van der Waals surface area (Å²) in [5.41, 5.74) is 8.00. The second-order valence-corrected chi connectivity index (χ2v) is 5.08. The first-order valence-electron chi connectivity index (χ1n) is 6.95. The Labute approximate surface area is 131 Å². The van der Waals surface area contributed by atoms with Crippen LogP contribution in [0.25, 0.3) is 11.4 Å². The van der Waals surface area contributed by atoms with Crippen LogP contribution < -0.4 is 11.1 Å². The maximum absolute atomic E-state index is 12.3. The van der Waals surface area contributed by atoms with Crippen molar-refractivity contribution in [3.8, 4) is 11.4 Å². The van der Waals surface area contributed by atoms with Gasteiger partial charge >= 0.3 is 0 Å². The number of benzene rings is 1. The maximum Gasteiger partial charge on any atom is 0.265 e. The fraction of sp³-hybridized carbons (Fsp3) is 0.0625. The summed E-state index contributed by atoms with van der Waals surface area (Å²) in [7, 11) is 0. The molecule has 0 aliphatic carbocycles. The molecule has 0 saturated heterocycles. The zero-order valence-corrected chi connectivity index (χ0v) is 12.4. The molecule has 0 bridgehead atoms. The minimum absolute atomic E-state index is 0.185. The molecule has 116 valence electrons. The smallest absolute Gasteiger partial charge is 0.265 e. The van der Waals surface area contributed by atoms with Gasteiger partial charge in [-0.15, -0.1) is 0 Å². The third kappa shape index (κ3) is 2.98. The van der Waals surface area contributed by atoms with Crippen molar-refractivity contribution >= 4 is 17.5 Å². The Morgan fingerprint density at radius 2 is 2.04 bits per heavy atom. The molecule has 2 heterocycles. The zero-order chi connectivity index (χ0) is 16.4. The normalized spacial score (nSPS) is 10.5. The fourth-order valence-corrected chi connectivity index (χ4v) is 2.21. The topological polar surface area (TPSA) is 117 Å². The number of hydrogen-bond donors (Lipinski definition) is 4. The molecule has 0 aliphatic heterocycles. The Kier molecular flexibility index (Phi) is 3.68. The highest BCUT2D eigenvalue weighted by molar-refractivity contribution is 6.07. The molecular weight excluding hydrogens is 294 g/mol. The Balaban J connectivity index is 1.88. The van der Waals surface area contributed by atoms with E-state index in [0.717, 1.165) is 11.3 Å². The lowest BCUT2D eigenvalue weighted by Crippen LogP contribution is -2.13. The molecular formula is C16H15N5O2. The van der Waals surface area contributed by atoms with Crippen LogP contribution in [0.3, 0.4) is 0 Å². The molecule has 0 radical (unpaired) electrons. The number of nitrogens with zero attached hydrogens (tertiary/aromatic N) is 1. The van der Waals surface area contributed by atoms with E-state index in [9.17, 15) is 9.59 Å². The fourth-order valence-electron chi connectivity index (χ4n) is 2.21. The summed E-state index contributed by atoms with van der Waals surface area (Å²) in [5.74, 6) is -0.287. The molecule has 3 aromatic rings. The predicted octanol–water partition coefficient (Wildman–Crippen LogP) is 2.06. The number of anilines is 1. The summed E-state index contributed by atoms with van der Waals surface area (Å²) in [6, 6.07) is 8.75. The van der Waals surface area contributed by atoms with Crippen molar-refractivity contribution in [2.24, 2.45) is 5.73 Å². The molecule has 5 N–H and O–H groups in total. The zero-order valence-electron chi connectivity index (χ0n) is 12.4. The summed E-state index contributed by atoms with van der Waals surface area (Å²) in [6.45, 7) is 1.91. The van der Waals surface area contributed by atoms with E-state index in [1.807, 2.05) is 25.1 Å². The first-order valence-corrected chi connectivity index (χ1v) is 6.95. The van der Waals surface area contributed by atoms with E-state index in [0.29, 0.717) is 17.1 Å². The van der Waals surface area contributed by atoms with Crippen molar-refractivity contribution in [1.82, 2.24) is 15.0 Å². The highest BCUT2D eigenvalue weighted by Gasteiger charge is 2.14. The molecule has 0 saturated carbocycles. The second kappa shape index (κ2) is 5.80. The molecule has 0 unspecified atom stereocenters.